The Bertz CT molecular complexity index is 677. The van der Waals surface area contributed by atoms with Gasteiger partial charge in [-0.1, -0.05) is 30.3 Å². The van der Waals surface area contributed by atoms with Crippen LogP contribution in [0.2, 0.25) is 0 Å². The predicted octanol–water partition coefficient (Wildman–Crippen LogP) is 1.71. The number of ether oxygens (including phenoxy) is 2. The number of benzene rings is 1. The van der Waals surface area contributed by atoms with Crippen molar-refractivity contribution in [1.29, 1.82) is 0 Å². The topological polar surface area (TPSA) is 114 Å². The van der Waals surface area contributed by atoms with Crippen molar-refractivity contribution in [2.75, 3.05) is 39.3 Å². The number of rotatable bonds is 9. The molecule has 0 radical (unpaired) electrons. The number of unbranched alkanes of at least 4 members (excludes halogenated alkanes) is 1. The highest BCUT2D eigenvalue weighted by Gasteiger charge is 2.27. The van der Waals surface area contributed by atoms with Crippen molar-refractivity contribution in [2.45, 2.75) is 38.8 Å². The zero-order chi connectivity index (χ0) is 21.8. The first-order valence-electron chi connectivity index (χ1n) is 10.4. The van der Waals surface area contributed by atoms with Gasteiger partial charge in [0.25, 0.3) is 0 Å². The van der Waals surface area contributed by atoms with Crippen LogP contribution in [0.1, 0.15) is 31.7 Å². The maximum absolute atomic E-state index is 12.5. The van der Waals surface area contributed by atoms with E-state index < -0.39 is 12.1 Å². The molecule has 9 nitrogen and oxygen atoms in total. The fourth-order valence-electron chi connectivity index (χ4n) is 3.14. The SMILES string of the molecule is CCOC(=O)N1CCN(C(=O)[C@@H](N)CCCCNC(=O)OCc2ccccc2)CC1. The number of amides is 3. The summed E-state index contributed by atoms with van der Waals surface area (Å²) in [4.78, 5) is 39.2. The van der Waals surface area contributed by atoms with Crippen LogP contribution in [0.5, 0.6) is 0 Å². The lowest BCUT2D eigenvalue weighted by Crippen LogP contribution is -2.54. The Morgan fingerprint density at radius 2 is 1.70 bits per heavy atom. The Kier molecular flexibility index (Phi) is 9.93. The molecule has 1 saturated heterocycles. The van der Waals surface area contributed by atoms with Crippen LogP contribution in [-0.2, 0) is 20.9 Å². The summed E-state index contributed by atoms with van der Waals surface area (Å²) in [7, 11) is 0. The molecule has 9 heteroatoms. The molecule has 1 aliphatic heterocycles. The average Bonchev–Trinajstić information content (AvgIpc) is 2.77. The molecule has 1 aromatic carbocycles. The van der Waals surface area contributed by atoms with E-state index in [4.69, 9.17) is 15.2 Å². The minimum absolute atomic E-state index is 0.103. The van der Waals surface area contributed by atoms with Gasteiger partial charge in [-0.15, -0.1) is 0 Å². The van der Waals surface area contributed by atoms with E-state index >= 15 is 0 Å². The molecule has 0 unspecified atom stereocenters. The summed E-state index contributed by atoms with van der Waals surface area (Å²) in [5.74, 6) is -0.103. The third kappa shape index (κ3) is 7.90. The molecular weight excluding hydrogens is 388 g/mol. The van der Waals surface area contributed by atoms with Gasteiger partial charge in [0.2, 0.25) is 5.91 Å². The first-order chi connectivity index (χ1) is 14.5. The highest BCUT2D eigenvalue weighted by atomic mass is 16.6. The maximum Gasteiger partial charge on any atom is 0.409 e. The van der Waals surface area contributed by atoms with Gasteiger partial charge in [-0.25, -0.2) is 9.59 Å². The van der Waals surface area contributed by atoms with Gasteiger partial charge in [-0.05, 0) is 31.7 Å². The number of piperazine rings is 1. The van der Waals surface area contributed by atoms with E-state index in [0.29, 0.717) is 58.6 Å². The molecule has 166 valence electrons. The van der Waals surface area contributed by atoms with Crippen molar-refractivity contribution in [3.63, 3.8) is 0 Å². The Morgan fingerprint density at radius 3 is 2.37 bits per heavy atom. The van der Waals surface area contributed by atoms with Gasteiger partial charge in [0.15, 0.2) is 0 Å². The molecule has 0 spiro atoms. The highest BCUT2D eigenvalue weighted by Crippen LogP contribution is 2.08. The first-order valence-corrected chi connectivity index (χ1v) is 10.4. The van der Waals surface area contributed by atoms with Gasteiger partial charge in [-0.2, -0.15) is 0 Å². The zero-order valence-electron chi connectivity index (χ0n) is 17.5. The number of carbonyl (C=O) groups is 3. The van der Waals surface area contributed by atoms with Gasteiger partial charge in [0.05, 0.1) is 12.6 Å². The molecule has 0 bridgehead atoms. The number of alkyl carbamates (subject to hydrolysis) is 1. The number of nitrogens with one attached hydrogen (secondary N) is 1. The highest BCUT2D eigenvalue weighted by molar-refractivity contribution is 5.82. The molecule has 0 aromatic heterocycles. The summed E-state index contributed by atoms with van der Waals surface area (Å²) >= 11 is 0. The van der Waals surface area contributed by atoms with E-state index in [2.05, 4.69) is 5.32 Å². The van der Waals surface area contributed by atoms with Crippen molar-refractivity contribution >= 4 is 18.1 Å². The van der Waals surface area contributed by atoms with Crippen molar-refractivity contribution in [2.24, 2.45) is 5.73 Å². The summed E-state index contributed by atoms with van der Waals surface area (Å²) in [5, 5.41) is 2.70. The fraction of sp³-hybridized carbons (Fsp3) is 0.571. The van der Waals surface area contributed by atoms with Crippen LogP contribution in [0.4, 0.5) is 9.59 Å². The smallest absolute Gasteiger partial charge is 0.409 e. The van der Waals surface area contributed by atoms with Gasteiger partial charge in [-0.3, -0.25) is 4.79 Å². The van der Waals surface area contributed by atoms with Crippen LogP contribution in [0.3, 0.4) is 0 Å². The third-order valence-corrected chi connectivity index (χ3v) is 4.86. The van der Waals surface area contributed by atoms with Crippen LogP contribution >= 0.6 is 0 Å². The quantitative estimate of drug-likeness (QED) is 0.588. The van der Waals surface area contributed by atoms with Crippen molar-refractivity contribution in [3.05, 3.63) is 35.9 Å². The number of hydrogen-bond donors (Lipinski definition) is 2. The Hall–Kier alpha value is -2.81. The standard InChI is InChI=1S/C21H32N4O5/c1-2-29-21(28)25-14-12-24(13-15-25)19(26)18(22)10-6-7-11-23-20(27)30-16-17-8-4-3-5-9-17/h3-5,8-9,18H,2,6-7,10-16,22H2,1H3,(H,23,27)/t18-/m0/s1. The van der Waals surface area contributed by atoms with Crippen LogP contribution in [0, 0.1) is 0 Å². The second kappa shape index (κ2) is 12.7. The van der Waals surface area contributed by atoms with E-state index in [1.165, 1.54) is 0 Å². The van der Waals surface area contributed by atoms with Crippen LogP contribution in [-0.4, -0.2) is 73.3 Å². The summed E-state index contributed by atoms with van der Waals surface area (Å²) in [6.07, 6.45) is 1.16. The minimum atomic E-state index is -0.579. The van der Waals surface area contributed by atoms with E-state index in [1.54, 1.807) is 16.7 Å². The lowest BCUT2D eigenvalue weighted by molar-refractivity contribution is -0.134. The number of nitrogens with zero attached hydrogens (tertiary/aromatic N) is 2. The minimum Gasteiger partial charge on any atom is -0.450 e. The molecule has 0 aliphatic carbocycles. The normalized spacial score (nSPS) is 14.7. The van der Waals surface area contributed by atoms with Gasteiger partial charge >= 0.3 is 12.2 Å². The third-order valence-electron chi connectivity index (χ3n) is 4.86. The van der Waals surface area contributed by atoms with Gasteiger partial charge < -0.3 is 30.3 Å². The van der Waals surface area contributed by atoms with Crippen LogP contribution in [0.25, 0.3) is 0 Å². The second-order valence-electron chi connectivity index (χ2n) is 7.10. The maximum atomic E-state index is 12.5. The molecular formula is C21H32N4O5. The van der Waals surface area contributed by atoms with E-state index in [-0.39, 0.29) is 18.6 Å². The molecule has 1 aromatic rings. The van der Waals surface area contributed by atoms with E-state index in [0.717, 1.165) is 5.56 Å². The Balaban J connectivity index is 1.55. The van der Waals surface area contributed by atoms with Crippen LogP contribution < -0.4 is 11.1 Å². The summed E-state index contributed by atoms with van der Waals surface area (Å²) in [6.45, 7) is 4.61. The second-order valence-corrected chi connectivity index (χ2v) is 7.10. The lowest BCUT2D eigenvalue weighted by Gasteiger charge is -2.35. The Labute approximate surface area is 177 Å². The number of hydrogen-bond acceptors (Lipinski definition) is 6. The molecule has 1 aliphatic rings. The largest absolute Gasteiger partial charge is 0.450 e. The molecule has 1 atom stereocenters. The fourth-order valence-corrected chi connectivity index (χ4v) is 3.14. The Morgan fingerprint density at radius 1 is 1.03 bits per heavy atom. The average molecular weight is 421 g/mol. The number of nitrogens with two attached hydrogens (primary N) is 1. The first kappa shape index (κ1) is 23.5. The van der Waals surface area contributed by atoms with Gasteiger partial charge in [0, 0.05) is 32.7 Å². The molecule has 3 amide bonds. The van der Waals surface area contributed by atoms with Crippen molar-refractivity contribution < 1.29 is 23.9 Å². The molecule has 0 saturated carbocycles. The molecule has 1 heterocycles. The van der Waals surface area contributed by atoms with Gasteiger partial charge in [0.1, 0.15) is 6.61 Å². The van der Waals surface area contributed by atoms with Crippen molar-refractivity contribution in [3.8, 4) is 0 Å². The molecule has 3 N–H and O–H groups in total. The lowest BCUT2D eigenvalue weighted by atomic mass is 10.1. The van der Waals surface area contributed by atoms with E-state index in [1.807, 2.05) is 30.3 Å². The molecule has 1 fully saturated rings. The molecule has 2 rings (SSSR count). The molecule has 30 heavy (non-hydrogen) atoms. The summed E-state index contributed by atoms with van der Waals surface area (Å²) < 4.78 is 10.1. The van der Waals surface area contributed by atoms with Crippen LogP contribution in [0.15, 0.2) is 30.3 Å². The summed E-state index contributed by atoms with van der Waals surface area (Å²) in [6, 6.07) is 8.89. The summed E-state index contributed by atoms with van der Waals surface area (Å²) in [5.41, 5.74) is 6.97. The number of carbonyl (C=O) groups excluding carboxylic acids is 3. The monoisotopic (exact) mass is 420 g/mol. The van der Waals surface area contributed by atoms with E-state index in [9.17, 15) is 14.4 Å². The van der Waals surface area contributed by atoms with Crippen molar-refractivity contribution in [1.82, 2.24) is 15.1 Å². The predicted molar refractivity (Wildman–Crippen MR) is 112 cm³/mol. The zero-order valence-corrected chi connectivity index (χ0v) is 17.5.